The van der Waals surface area contributed by atoms with E-state index in [4.69, 9.17) is 0 Å². The van der Waals surface area contributed by atoms with E-state index < -0.39 is 23.9 Å². The first kappa shape index (κ1) is 14.4. The van der Waals surface area contributed by atoms with Crippen LogP contribution in [0.25, 0.3) is 0 Å². The maximum Gasteiger partial charge on any atom is 0.347 e. The zero-order chi connectivity index (χ0) is 14.8. The topological polar surface area (TPSA) is 46.5 Å². The summed E-state index contributed by atoms with van der Waals surface area (Å²) in [7, 11) is 1.14. The van der Waals surface area contributed by atoms with E-state index in [1.807, 2.05) is 0 Å². The van der Waals surface area contributed by atoms with Gasteiger partial charge in [0.25, 0.3) is 5.92 Å². The third-order valence-corrected chi connectivity index (χ3v) is 3.19. The number of allylic oxidation sites excluding steroid dienone is 2. The molecular weight excluding hydrogens is 266 g/mol. The Morgan fingerprint density at radius 1 is 1.35 bits per heavy atom. The Bertz CT molecular complexity index is 564. The van der Waals surface area contributed by atoms with Crippen LogP contribution in [0.5, 0.6) is 0 Å². The lowest BCUT2D eigenvalue weighted by Gasteiger charge is -2.29. The number of benzene rings is 1. The van der Waals surface area contributed by atoms with Gasteiger partial charge in [0.2, 0.25) is 5.60 Å². The minimum Gasteiger partial charge on any atom is -0.466 e. The highest BCUT2D eigenvalue weighted by Gasteiger charge is 2.44. The average Bonchev–Trinajstić information content (AvgIpc) is 2.46. The van der Waals surface area contributed by atoms with Crippen LogP contribution < -0.4 is 0 Å². The molecule has 1 aliphatic carbocycles. The number of hydrogen-bond donors (Lipinski definition) is 1. The van der Waals surface area contributed by atoms with Crippen LogP contribution in [0, 0.1) is 0 Å². The van der Waals surface area contributed by atoms with Crippen LogP contribution in [0.2, 0.25) is 0 Å². The lowest BCUT2D eigenvalue weighted by Crippen LogP contribution is -2.39. The van der Waals surface area contributed by atoms with E-state index in [0.717, 1.165) is 19.3 Å². The van der Waals surface area contributed by atoms with Gasteiger partial charge in [-0.2, -0.15) is 0 Å². The minimum atomic E-state index is -2.96. The summed E-state index contributed by atoms with van der Waals surface area (Å²) in [6, 6.07) is 8.09. The van der Waals surface area contributed by atoms with Crippen molar-refractivity contribution < 1.29 is 23.4 Å². The van der Waals surface area contributed by atoms with Gasteiger partial charge >= 0.3 is 5.97 Å². The molecule has 0 saturated heterocycles. The zero-order valence-electron chi connectivity index (χ0n) is 10.8. The minimum absolute atomic E-state index is 0.0847. The first-order chi connectivity index (χ1) is 9.40. The summed E-state index contributed by atoms with van der Waals surface area (Å²) in [6.07, 6.45) is 2.33. The van der Waals surface area contributed by atoms with Gasteiger partial charge in [0.05, 0.1) is 7.11 Å². The van der Waals surface area contributed by atoms with Gasteiger partial charge in [-0.05, 0) is 17.2 Å². The number of alkyl halides is 2. The van der Waals surface area contributed by atoms with Gasteiger partial charge in [-0.15, -0.1) is 0 Å². The van der Waals surface area contributed by atoms with Crippen LogP contribution in [0.3, 0.4) is 0 Å². The van der Waals surface area contributed by atoms with Crippen LogP contribution in [-0.2, 0) is 15.1 Å². The molecule has 1 unspecified atom stereocenters. The van der Waals surface area contributed by atoms with E-state index >= 15 is 0 Å². The van der Waals surface area contributed by atoms with Crippen molar-refractivity contribution >= 4 is 5.97 Å². The van der Waals surface area contributed by atoms with E-state index in [1.165, 1.54) is 0 Å². The Labute approximate surface area is 115 Å². The van der Waals surface area contributed by atoms with Gasteiger partial charge in [0.1, 0.15) is 0 Å². The maximum atomic E-state index is 13.1. The number of halogens is 2. The second-order valence-electron chi connectivity index (χ2n) is 4.53. The van der Waals surface area contributed by atoms with Crippen LogP contribution in [0.1, 0.15) is 12.0 Å². The highest BCUT2D eigenvalue weighted by molar-refractivity contribution is 5.86. The molecule has 0 radical (unpaired) electrons. The number of hydrogen-bond acceptors (Lipinski definition) is 3. The lowest BCUT2D eigenvalue weighted by molar-refractivity contribution is -0.159. The fourth-order valence-corrected chi connectivity index (χ4v) is 2.09. The number of carbonyl (C=O) groups is 1. The van der Waals surface area contributed by atoms with Crippen molar-refractivity contribution in [1.29, 1.82) is 0 Å². The molecule has 0 bridgehead atoms. The molecule has 2 rings (SSSR count). The van der Waals surface area contributed by atoms with Crippen molar-refractivity contribution in [2.75, 3.05) is 7.11 Å². The van der Waals surface area contributed by atoms with Crippen molar-refractivity contribution in [3.8, 4) is 0 Å². The summed E-state index contributed by atoms with van der Waals surface area (Å²) < 4.78 is 30.9. The zero-order valence-corrected chi connectivity index (χ0v) is 10.8. The molecule has 0 aliphatic heterocycles. The predicted octanol–water partition coefficient (Wildman–Crippen LogP) is 2.57. The Kier molecular flexibility index (Phi) is 3.72. The van der Waals surface area contributed by atoms with Crippen LogP contribution in [0.15, 0.2) is 54.1 Å². The van der Waals surface area contributed by atoms with Gasteiger partial charge in [-0.25, -0.2) is 13.6 Å². The molecule has 0 heterocycles. The molecule has 0 fully saturated rings. The molecule has 1 aliphatic rings. The summed E-state index contributed by atoms with van der Waals surface area (Å²) in [5, 5.41) is 10.7. The van der Waals surface area contributed by atoms with E-state index in [-0.39, 0.29) is 11.1 Å². The van der Waals surface area contributed by atoms with Gasteiger partial charge in [-0.1, -0.05) is 42.5 Å². The molecule has 5 heteroatoms. The third-order valence-electron chi connectivity index (χ3n) is 3.19. The van der Waals surface area contributed by atoms with E-state index in [2.05, 4.69) is 4.74 Å². The molecule has 3 nitrogen and oxygen atoms in total. The Morgan fingerprint density at radius 2 is 2.00 bits per heavy atom. The number of aliphatic hydroxyl groups is 1. The molecule has 0 aromatic heterocycles. The third kappa shape index (κ3) is 2.49. The molecule has 0 spiro atoms. The summed E-state index contributed by atoms with van der Waals surface area (Å²) in [4.78, 5) is 12.0. The molecule has 20 heavy (non-hydrogen) atoms. The maximum absolute atomic E-state index is 13.1. The monoisotopic (exact) mass is 280 g/mol. The SMILES string of the molecule is COC(=O)C(O)(C1=CCC(F)(F)C=C1)c1ccccc1. The molecule has 0 amide bonds. The second kappa shape index (κ2) is 5.17. The van der Waals surface area contributed by atoms with E-state index in [9.17, 15) is 18.7 Å². The summed E-state index contributed by atoms with van der Waals surface area (Å²) in [6.45, 7) is 0. The van der Waals surface area contributed by atoms with Gasteiger partial charge < -0.3 is 9.84 Å². The normalized spacial score (nSPS) is 19.9. The summed E-state index contributed by atoms with van der Waals surface area (Å²) in [5.74, 6) is -3.87. The van der Waals surface area contributed by atoms with Crippen molar-refractivity contribution in [2.24, 2.45) is 0 Å². The molecule has 1 aromatic carbocycles. The number of carbonyl (C=O) groups excluding carboxylic acids is 1. The average molecular weight is 280 g/mol. The lowest BCUT2D eigenvalue weighted by atomic mass is 9.83. The van der Waals surface area contributed by atoms with Crippen LogP contribution in [0.4, 0.5) is 8.78 Å². The van der Waals surface area contributed by atoms with Gasteiger partial charge in [0, 0.05) is 6.42 Å². The summed E-state index contributed by atoms with van der Waals surface area (Å²) >= 11 is 0. The van der Waals surface area contributed by atoms with Crippen LogP contribution >= 0.6 is 0 Å². The Hall–Kier alpha value is -2.01. The largest absolute Gasteiger partial charge is 0.466 e. The molecule has 1 aromatic rings. The summed E-state index contributed by atoms with van der Waals surface area (Å²) in [5.41, 5.74) is -1.72. The Morgan fingerprint density at radius 3 is 2.50 bits per heavy atom. The first-order valence-corrected chi connectivity index (χ1v) is 6.04. The van der Waals surface area contributed by atoms with Crippen molar-refractivity contribution in [3.05, 3.63) is 59.7 Å². The number of ether oxygens (including phenoxy) is 1. The molecule has 1 atom stereocenters. The highest BCUT2D eigenvalue weighted by atomic mass is 19.3. The smallest absolute Gasteiger partial charge is 0.347 e. The fraction of sp³-hybridized carbons (Fsp3) is 0.267. The number of esters is 1. The number of rotatable bonds is 3. The number of methoxy groups -OCH3 is 1. The predicted molar refractivity (Wildman–Crippen MR) is 69.1 cm³/mol. The van der Waals surface area contributed by atoms with Crippen molar-refractivity contribution in [3.63, 3.8) is 0 Å². The second-order valence-corrected chi connectivity index (χ2v) is 4.53. The highest BCUT2D eigenvalue weighted by Crippen LogP contribution is 2.37. The molecule has 1 N–H and O–H groups in total. The fourth-order valence-electron chi connectivity index (χ4n) is 2.09. The van der Waals surface area contributed by atoms with Gasteiger partial charge in [-0.3, -0.25) is 0 Å². The molecular formula is C15H14F2O3. The first-order valence-electron chi connectivity index (χ1n) is 6.04. The van der Waals surface area contributed by atoms with Crippen molar-refractivity contribution in [2.45, 2.75) is 17.9 Å². The quantitative estimate of drug-likeness (QED) is 0.866. The van der Waals surface area contributed by atoms with Crippen molar-refractivity contribution in [1.82, 2.24) is 0 Å². The van der Waals surface area contributed by atoms with E-state index in [1.54, 1.807) is 30.3 Å². The molecule has 106 valence electrons. The molecule has 0 saturated carbocycles. The van der Waals surface area contributed by atoms with Gasteiger partial charge in [0.15, 0.2) is 0 Å². The standard InChI is InChI=1S/C15H14F2O3/c1-20-13(18)15(19,11-5-3-2-4-6-11)12-7-9-14(16,17)10-8-12/h2-9,19H,10H2,1H3. The van der Waals surface area contributed by atoms with Crippen LogP contribution in [-0.4, -0.2) is 24.1 Å². The van der Waals surface area contributed by atoms with E-state index in [0.29, 0.717) is 6.08 Å². The Balaban J connectivity index is 2.48.